The van der Waals surface area contributed by atoms with Crippen molar-refractivity contribution in [2.75, 3.05) is 4.90 Å². The molecule has 34 heavy (non-hydrogen) atoms. The van der Waals surface area contributed by atoms with Gasteiger partial charge in [0.25, 0.3) is 0 Å². The fraction of sp³-hybridized carbons (Fsp3) is 0.138. The molecule has 6 rings (SSSR count). The predicted molar refractivity (Wildman–Crippen MR) is 135 cm³/mol. The maximum atomic E-state index is 14.1. The lowest BCUT2D eigenvalue weighted by molar-refractivity contribution is 0.0951. The standard InChI is InChI=1S/C29H19N3OS/c30-17-29(18-31)25-11-10-22-14-20-8-4-5-9-21(20)15-24(22)32(25)27(28(33)23-12-13-34-16-23)26(29)19-6-2-1-3-7-19/h1-16,25-27H/t25-,26+,27-/m1/s1. The molecule has 0 saturated carbocycles. The predicted octanol–water partition coefficient (Wildman–Crippen LogP) is 6.19. The zero-order chi connectivity index (χ0) is 23.3. The first-order valence-electron chi connectivity index (χ1n) is 11.1. The minimum Gasteiger partial charge on any atom is -0.351 e. The van der Waals surface area contributed by atoms with Crippen LogP contribution >= 0.6 is 11.3 Å². The van der Waals surface area contributed by atoms with E-state index in [0.29, 0.717) is 5.56 Å². The Balaban J connectivity index is 1.65. The van der Waals surface area contributed by atoms with E-state index in [0.717, 1.165) is 27.6 Å². The average Bonchev–Trinajstić information content (AvgIpc) is 3.53. The molecule has 4 aromatic rings. The fourth-order valence-electron chi connectivity index (χ4n) is 5.58. The molecule has 3 heterocycles. The highest BCUT2D eigenvalue weighted by Crippen LogP contribution is 2.55. The van der Waals surface area contributed by atoms with Crippen molar-refractivity contribution in [3.63, 3.8) is 0 Å². The Hall–Kier alpha value is -4.19. The minimum absolute atomic E-state index is 0.0677. The molecule has 162 valence electrons. The molecule has 0 radical (unpaired) electrons. The van der Waals surface area contributed by atoms with Crippen molar-refractivity contribution in [1.82, 2.24) is 0 Å². The Morgan fingerprint density at radius 2 is 1.65 bits per heavy atom. The number of Topliss-reactive ketones (excluding diaryl/α,β-unsaturated/α-hetero) is 1. The molecular formula is C29H19N3OS. The second-order valence-corrected chi connectivity index (χ2v) is 9.55. The van der Waals surface area contributed by atoms with E-state index < -0.39 is 23.4 Å². The molecule has 0 unspecified atom stereocenters. The number of fused-ring (bicyclic) bond motifs is 4. The summed E-state index contributed by atoms with van der Waals surface area (Å²) in [5.74, 6) is -0.676. The van der Waals surface area contributed by atoms with Crippen LogP contribution in [0.1, 0.15) is 27.4 Å². The van der Waals surface area contributed by atoms with Gasteiger partial charge in [0.15, 0.2) is 11.2 Å². The van der Waals surface area contributed by atoms with Gasteiger partial charge < -0.3 is 4.90 Å². The van der Waals surface area contributed by atoms with Crippen LogP contribution in [0.3, 0.4) is 0 Å². The minimum atomic E-state index is -1.42. The van der Waals surface area contributed by atoms with Gasteiger partial charge in [0, 0.05) is 22.5 Å². The number of carbonyl (C=O) groups excluding carboxylic acids is 1. The molecule has 3 atom stereocenters. The highest BCUT2D eigenvalue weighted by atomic mass is 32.1. The van der Waals surface area contributed by atoms with E-state index in [1.807, 2.05) is 82.4 Å². The highest BCUT2D eigenvalue weighted by molar-refractivity contribution is 7.08. The number of nitriles is 2. The van der Waals surface area contributed by atoms with Gasteiger partial charge in [-0.2, -0.15) is 21.9 Å². The van der Waals surface area contributed by atoms with E-state index in [1.54, 1.807) is 0 Å². The molecule has 3 aromatic carbocycles. The van der Waals surface area contributed by atoms with Gasteiger partial charge in [-0.15, -0.1) is 0 Å². The van der Waals surface area contributed by atoms with Crippen molar-refractivity contribution in [3.8, 4) is 12.1 Å². The van der Waals surface area contributed by atoms with Crippen molar-refractivity contribution in [2.45, 2.75) is 18.0 Å². The quantitative estimate of drug-likeness (QED) is 0.344. The summed E-state index contributed by atoms with van der Waals surface area (Å²) in [5.41, 5.74) is 1.88. The van der Waals surface area contributed by atoms with E-state index in [1.165, 1.54) is 11.3 Å². The zero-order valence-corrected chi connectivity index (χ0v) is 18.9. The monoisotopic (exact) mass is 457 g/mol. The summed E-state index contributed by atoms with van der Waals surface area (Å²) in [6.45, 7) is 0. The number of benzene rings is 3. The van der Waals surface area contributed by atoms with Crippen molar-refractivity contribution in [2.24, 2.45) is 5.41 Å². The molecule has 2 aliphatic heterocycles. The average molecular weight is 458 g/mol. The number of carbonyl (C=O) groups is 1. The topological polar surface area (TPSA) is 67.9 Å². The van der Waals surface area contributed by atoms with E-state index in [9.17, 15) is 15.3 Å². The van der Waals surface area contributed by atoms with Gasteiger partial charge in [0.2, 0.25) is 0 Å². The number of hydrogen-bond donors (Lipinski definition) is 0. The first-order valence-corrected chi connectivity index (χ1v) is 12.1. The third-order valence-corrected chi connectivity index (χ3v) is 7.79. The second kappa shape index (κ2) is 7.70. The molecule has 0 amide bonds. The van der Waals surface area contributed by atoms with Crippen molar-refractivity contribution < 1.29 is 4.79 Å². The maximum absolute atomic E-state index is 14.1. The molecule has 1 saturated heterocycles. The third-order valence-electron chi connectivity index (χ3n) is 7.11. The van der Waals surface area contributed by atoms with Crippen LogP contribution in [0.2, 0.25) is 0 Å². The Morgan fingerprint density at radius 3 is 2.32 bits per heavy atom. The van der Waals surface area contributed by atoms with Crippen LogP contribution in [0, 0.1) is 28.1 Å². The van der Waals surface area contributed by atoms with Gasteiger partial charge >= 0.3 is 0 Å². The number of rotatable bonds is 3. The van der Waals surface area contributed by atoms with Gasteiger partial charge in [-0.05, 0) is 45.5 Å². The lowest BCUT2D eigenvalue weighted by Crippen LogP contribution is -2.44. The van der Waals surface area contributed by atoms with Crippen LogP contribution in [-0.4, -0.2) is 17.9 Å². The van der Waals surface area contributed by atoms with Gasteiger partial charge in [-0.3, -0.25) is 4.79 Å². The molecular weight excluding hydrogens is 438 g/mol. The Labute approximate surface area is 201 Å². The summed E-state index contributed by atoms with van der Waals surface area (Å²) in [5, 5.41) is 26.9. The van der Waals surface area contributed by atoms with Crippen LogP contribution in [0.25, 0.3) is 16.8 Å². The molecule has 0 aliphatic carbocycles. The Morgan fingerprint density at radius 1 is 0.941 bits per heavy atom. The smallest absolute Gasteiger partial charge is 0.186 e. The number of nitrogens with zero attached hydrogens (tertiary/aromatic N) is 3. The van der Waals surface area contributed by atoms with E-state index in [-0.39, 0.29) is 5.78 Å². The van der Waals surface area contributed by atoms with E-state index in [2.05, 4.69) is 30.3 Å². The fourth-order valence-corrected chi connectivity index (χ4v) is 6.23. The summed E-state index contributed by atoms with van der Waals surface area (Å²) < 4.78 is 0. The van der Waals surface area contributed by atoms with Gasteiger partial charge in [-0.1, -0.05) is 66.7 Å². The largest absolute Gasteiger partial charge is 0.351 e. The molecule has 2 aliphatic rings. The highest BCUT2D eigenvalue weighted by Gasteiger charge is 2.63. The van der Waals surface area contributed by atoms with E-state index in [4.69, 9.17) is 0 Å². The molecule has 0 spiro atoms. The van der Waals surface area contributed by atoms with Crippen LogP contribution in [0.4, 0.5) is 5.69 Å². The third kappa shape index (κ3) is 2.78. The SMILES string of the molecule is N#CC1(C#N)[C@@H](c2ccccc2)[C@H](C(=O)c2ccsc2)N2c3cc4ccccc4cc3C=C[C@@H]21. The van der Waals surface area contributed by atoms with Crippen LogP contribution in [-0.2, 0) is 0 Å². The molecule has 0 bridgehead atoms. The van der Waals surface area contributed by atoms with Gasteiger partial charge in [-0.25, -0.2) is 0 Å². The first-order chi connectivity index (χ1) is 16.7. The number of ketones is 1. The molecule has 4 nitrogen and oxygen atoms in total. The lowest BCUT2D eigenvalue weighted by Gasteiger charge is -2.35. The summed E-state index contributed by atoms with van der Waals surface area (Å²) in [6, 6.07) is 27.2. The number of hydrogen-bond acceptors (Lipinski definition) is 5. The molecule has 0 N–H and O–H groups in total. The first kappa shape index (κ1) is 20.4. The van der Waals surface area contributed by atoms with E-state index >= 15 is 0 Å². The summed E-state index contributed by atoms with van der Waals surface area (Å²) >= 11 is 1.47. The number of thiophene rings is 1. The summed E-state index contributed by atoms with van der Waals surface area (Å²) in [4.78, 5) is 16.1. The second-order valence-electron chi connectivity index (χ2n) is 8.77. The van der Waals surface area contributed by atoms with Gasteiger partial charge in [0.05, 0.1) is 18.2 Å². The van der Waals surface area contributed by atoms with Crippen molar-refractivity contribution >= 4 is 39.7 Å². The van der Waals surface area contributed by atoms with Gasteiger partial charge in [0.1, 0.15) is 6.04 Å². The lowest BCUT2D eigenvalue weighted by atomic mass is 9.69. The van der Waals surface area contributed by atoms with Crippen molar-refractivity contribution in [3.05, 3.63) is 106 Å². The van der Waals surface area contributed by atoms with Crippen LogP contribution in [0.15, 0.2) is 89.6 Å². The van der Waals surface area contributed by atoms with Crippen molar-refractivity contribution in [1.29, 1.82) is 10.5 Å². The van der Waals surface area contributed by atoms with Crippen LogP contribution < -0.4 is 4.90 Å². The Kier molecular flexibility index (Phi) is 4.62. The molecule has 1 aromatic heterocycles. The Bertz CT molecular complexity index is 1510. The molecule has 5 heteroatoms. The molecule has 1 fully saturated rings. The summed E-state index contributed by atoms with van der Waals surface area (Å²) in [6.07, 6.45) is 3.92. The van der Waals surface area contributed by atoms with Crippen LogP contribution in [0.5, 0.6) is 0 Å². The zero-order valence-electron chi connectivity index (χ0n) is 18.1. The number of anilines is 1. The maximum Gasteiger partial charge on any atom is 0.186 e. The summed E-state index contributed by atoms with van der Waals surface area (Å²) in [7, 11) is 0. The normalized spacial score (nSPS) is 21.9.